The second-order valence-electron chi connectivity index (χ2n) is 12.9. The average Bonchev–Trinajstić information content (AvgIpc) is 3.05. The van der Waals surface area contributed by atoms with Crippen molar-refractivity contribution in [2.45, 2.75) is 112 Å². The molecule has 0 saturated heterocycles. The van der Waals surface area contributed by atoms with Gasteiger partial charge in [-0.05, 0) is 110 Å². The lowest BCUT2D eigenvalue weighted by atomic mass is 9.46. The maximum atomic E-state index is 9.43. The molecule has 1 heteroatoms. The van der Waals surface area contributed by atoms with E-state index in [0.29, 0.717) is 17.4 Å². The molecule has 0 bridgehead atoms. The third kappa shape index (κ3) is 3.95. The highest BCUT2D eigenvalue weighted by Gasteiger charge is 2.59. The molecule has 0 heterocycles. The first kappa shape index (κ1) is 22.9. The van der Waals surface area contributed by atoms with E-state index in [4.69, 9.17) is 0 Å². The van der Waals surface area contributed by atoms with Crippen LogP contribution in [0, 0.1) is 52.3 Å². The van der Waals surface area contributed by atoms with E-state index in [1.807, 2.05) is 0 Å². The van der Waals surface area contributed by atoms with Gasteiger partial charge in [-0.2, -0.15) is 0 Å². The molecule has 8 atom stereocenters. The van der Waals surface area contributed by atoms with Gasteiger partial charge >= 0.3 is 0 Å². The Morgan fingerprint density at radius 1 is 1.00 bits per heavy atom. The molecular formula is C29H50O. The van der Waals surface area contributed by atoms with Crippen LogP contribution in [0.1, 0.15) is 112 Å². The average molecular weight is 415 g/mol. The smallest absolute Gasteiger partial charge is 0.0433 e. The van der Waals surface area contributed by atoms with E-state index in [-0.39, 0.29) is 0 Å². The lowest BCUT2D eigenvalue weighted by molar-refractivity contribution is -0.0532. The molecule has 30 heavy (non-hydrogen) atoms. The first-order valence-corrected chi connectivity index (χ1v) is 13.6. The number of hydrogen-bond donors (Lipinski definition) is 1. The summed E-state index contributed by atoms with van der Waals surface area (Å²) in [6.45, 7) is 13.1. The molecule has 0 spiro atoms. The van der Waals surface area contributed by atoms with Crippen molar-refractivity contribution in [2.75, 3.05) is 6.61 Å². The molecule has 0 radical (unpaired) electrons. The molecule has 4 aliphatic carbocycles. The summed E-state index contributed by atoms with van der Waals surface area (Å²) in [5.41, 5.74) is 2.86. The lowest BCUT2D eigenvalue weighted by Crippen LogP contribution is -2.50. The molecular weight excluding hydrogens is 364 g/mol. The molecule has 0 aromatic carbocycles. The number of allylic oxidation sites excluding steroid dienone is 2. The molecule has 4 rings (SSSR count). The van der Waals surface area contributed by atoms with E-state index in [2.05, 4.69) is 40.7 Å². The highest BCUT2D eigenvalue weighted by molar-refractivity contribution is 5.25. The molecule has 0 aromatic heterocycles. The van der Waals surface area contributed by atoms with Crippen LogP contribution < -0.4 is 0 Å². The van der Waals surface area contributed by atoms with Crippen molar-refractivity contribution in [1.29, 1.82) is 0 Å². The molecule has 4 aliphatic rings. The fraction of sp³-hybridized carbons (Fsp3) is 0.931. The highest BCUT2D eigenvalue weighted by Crippen LogP contribution is 2.67. The van der Waals surface area contributed by atoms with E-state index in [1.165, 1.54) is 70.6 Å². The summed E-state index contributed by atoms with van der Waals surface area (Å²) in [5.74, 6) is 6.32. The van der Waals surface area contributed by atoms with Gasteiger partial charge in [-0.25, -0.2) is 0 Å². The zero-order valence-electron chi connectivity index (χ0n) is 20.8. The molecule has 1 N–H and O–H groups in total. The van der Waals surface area contributed by atoms with Gasteiger partial charge in [0.1, 0.15) is 0 Å². The van der Waals surface area contributed by atoms with Gasteiger partial charge in [-0.15, -0.1) is 0 Å². The van der Waals surface area contributed by atoms with Gasteiger partial charge in [0.05, 0.1) is 0 Å². The Kier molecular flexibility index (Phi) is 6.80. The lowest BCUT2D eigenvalue weighted by Gasteiger charge is -2.58. The maximum Gasteiger partial charge on any atom is 0.0433 e. The summed E-state index contributed by atoms with van der Waals surface area (Å²) >= 11 is 0. The monoisotopic (exact) mass is 414 g/mol. The molecule has 0 aromatic rings. The van der Waals surface area contributed by atoms with Crippen LogP contribution in [0.3, 0.4) is 0 Å². The van der Waals surface area contributed by atoms with Crippen molar-refractivity contribution in [1.82, 2.24) is 0 Å². The van der Waals surface area contributed by atoms with Gasteiger partial charge in [-0.1, -0.05) is 65.5 Å². The molecule has 0 aliphatic heterocycles. The van der Waals surface area contributed by atoms with Gasteiger partial charge in [0.2, 0.25) is 0 Å². The summed E-state index contributed by atoms with van der Waals surface area (Å²) in [6, 6.07) is 0. The fourth-order valence-electron chi connectivity index (χ4n) is 9.19. The van der Waals surface area contributed by atoms with E-state index in [1.54, 1.807) is 5.57 Å². The minimum Gasteiger partial charge on any atom is -0.396 e. The molecule has 3 fully saturated rings. The van der Waals surface area contributed by atoms with Crippen molar-refractivity contribution in [3.05, 3.63) is 11.6 Å². The molecule has 1 nitrogen and oxygen atoms in total. The number of aliphatic hydroxyl groups is 1. The zero-order chi connectivity index (χ0) is 21.5. The normalized spacial score (nSPS) is 44.2. The minimum absolute atomic E-state index is 0.373. The number of aliphatic hydroxyl groups excluding tert-OH is 1. The minimum atomic E-state index is 0.373. The topological polar surface area (TPSA) is 20.2 Å². The number of hydrogen-bond acceptors (Lipinski definition) is 1. The predicted octanol–water partition coefficient (Wildman–Crippen LogP) is 8.03. The molecule has 0 amide bonds. The second kappa shape index (κ2) is 8.92. The van der Waals surface area contributed by atoms with Crippen LogP contribution in [0.5, 0.6) is 0 Å². The van der Waals surface area contributed by atoms with Crippen molar-refractivity contribution in [3.63, 3.8) is 0 Å². The summed E-state index contributed by atoms with van der Waals surface area (Å²) < 4.78 is 0. The van der Waals surface area contributed by atoms with Crippen molar-refractivity contribution in [3.8, 4) is 0 Å². The van der Waals surface area contributed by atoms with Gasteiger partial charge in [0.25, 0.3) is 0 Å². The van der Waals surface area contributed by atoms with Crippen LogP contribution in [-0.4, -0.2) is 11.7 Å². The van der Waals surface area contributed by atoms with Gasteiger partial charge in [0, 0.05) is 6.61 Å². The largest absolute Gasteiger partial charge is 0.396 e. The third-order valence-electron chi connectivity index (χ3n) is 10.9. The van der Waals surface area contributed by atoms with Crippen LogP contribution in [0.2, 0.25) is 0 Å². The fourth-order valence-corrected chi connectivity index (χ4v) is 9.19. The van der Waals surface area contributed by atoms with Crippen LogP contribution in [-0.2, 0) is 0 Å². The summed E-state index contributed by atoms with van der Waals surface area (Å²) in [4.78, 5) is 0. The Bertz CT molecular complexity index is 620. The van der Waals surface area contributed by atoms with Gasteiger partial charge in [-0.3, -0.25) is 0 Å². The standard InChI is InChI=1S/C29H50O/c1-20(2)7-6-8-21(3)25-11-12-26-24-10-9-23-19-22(15-18-30)13-16-28(23,4)27(24)14-17-29(25,26)5/h9,20-22,24-27,30H,6-8,10-19H2,1-5H3/t21-,22-,24?,25-,26?,27?,28+,29-/m1/s1. The number of fused-ring (bicyclic) bond motifs is 5. The first-order valence-electron chi connectivity index (χ1n) is 13.6. The van der Waals surface area contributed by atoms with Crippen LogP contribution >= 0.6 is 0 Å². The maximum absolute atomic E-state index is 9.43. The predicted molar refractivity (Wildman–Crippen MR) is 128 cm³/mol. The zero-order valence-corrected chi connectivity index (χ0v) is 20.8. The van der Waals surface area contributed by atoms with Crippen molar-refractivity contribution >= 4 is 0 Å². The van der Waals surface area contributed by atoms with Gasteiger partial charge in [0.15, 0.2) is 0 Å². The Morgan fingerprint density at radius 3 is 2.53 bits per heavy atom. The SMILES string of the molecule is CC(C)CCC[C@@H](C)[C@H]1CCC2C3CC=C4C[C@@H](CCO)CC[C@]4(C)C3CC[C@@]21C. The summed E-state index contributed by atoms with van der Waals surface area (Å²) in [5, 5.41) is 9.43. The Hall–Kier alpha value is -0.300. The van der Waals surface area contributed by atoms with Crippen LogP contribution in [0.15, 0.2) is 11.6 Å². The van der Waals surface area contributed by atoms with E-state index < -0.39 is 0 Å². The second-order valence-corrected chi connectivity index (χ2v) is 12.9. The Balaban J connectivity index is 1.47. The van der Waals surface area contributed by atoms with Crippen LogP contribution in [0.25, 0.3) is 0 Å². The number of rotatable bonds is 7. The molecule has 3 saturated carbocycles. The van der Waals surface area contributed by atoms with Gasteiger partial charge < -0.3 is 5.11 Å². The van der Waals surface area contributed by atoms with Crippen LogP contribution in [0.4, 0.5) is 0 Å². The Labute approximate surface area is 187 Å². The molecule has 3 unspecified atom stereocenters. The molecule has 172 valence electrons. The summed E-state index contributed by atoms with van der Waals surface area (Å²) in [6.07, 6.45) is 19.3. The third-order valence-corrected chi connectivity index (χ3v) is 10.9. The highest BCUT2D eigenvalue weighted by atomic mass is 16.3. The summed E-state index contributed by atoms with van der Waals surface area (Å²) in [7, 11) is 0. The quantitative estimate of drug-likeness (QED) is 0.418. The van der Waals surface area contributed by atoms with E-state index >= 15 is 0 Å². The van der Waals surface area contributed by atoms with E-state index in [9.17, 15) is 5.11 Å². The Morgan fingerprint density at radius 2 is 1.80 bits per heavy atom. The van der Waals surface area contributed by atoms with Crippen molar-refractivity contribution < 1.29 is 5.11 Å². The van der Waals surface area contributed by atoms with E-state index in [0.717, 1.165) is 47.8 Å². The van der Waals surface area contributed by atoms with Crippen molar-refractivity contribution in [2.24, 2.45) is 52.3 Å². The first-order chi connectivity index (χ1) is 14.3.